The Morgan fingerprint density at radius 3 is 2.65 bits per heavy atom. The van der Waals surface area contributed by atoms with E-state index in [2.05, 4.69) is 56.2 Å². The van der Waals surface area contributed by atoms with Gasteiger partial charge in [-0.05, 0) is 41.7 Å². The lowest BCUT2D eigenvalue weighted by atomic mass is 9.97. The van der Waals surface area contributed by atoms with Crippen molar-refractivity contribution in [1.29, 1.82) is 5.41 Å². The average molecular weight is 271 g/mol. The number of aliphatic imine (C=N–C) groups is 1. The van der Waals surface area contributed by atoms with Crippen molar-refractivity contribution in [3.05, 3.63) is 41.5 Å². The molecule has 3 nitrogen and oxygen atoms in total. The van der Waals surface area contributed by atoms with Crippen molar-refractivity contribution >= 4 is 18.1 Å². The maximum atomic E-state index is 6.91. The van der Waals surface area contributed by atoms with Crippen molar-refractivity contribution in [2.45, 2.75) is 34.2 Å². The van der Waals surface area contributed by atoms with Gasteiger partial charge in [0, 0.05) is 25.5 Å². The number of nitrogens with zero attached hydrogens (tertiary/aromatic N) is 1. The molecule has 0 aliphatic heterocycles. The molecule has 1 aromatic rings. The first-order chi connectivity index (χ1) is 9.42. The fourth-order valence-corrected chi connectivity index (χ4v) is 1.71. The molecule has 1 aromatic carbocycles. The van der Waals surface area contributed by atoms with Gasteiger partial charge in [-0.2, -0.15) is 0 Å². The lowest BCUT2D eigenvalue weighted by Crippen LogP contribution is -2.26. The number of allylic oxidation sites excluding steroid dienone is 2. The van der Waals surface area contributed by atoms with E-state index in [1.54, 1.807) is 18.4 Å². The van der Waals surface area contributed by atoms with Gasteiger partial charge in [0.05, 0.1) is 5.69 Å². The highest BCUT2D eigenvalue weighted by Crippen LogP contribution is 2.20. The lowest BCUT2D eigenvalue weighted by Gasteiger charge is -2.18. The Balaban J connectivity index is 2.68. The Labute approximate surface area is 122 Å². The first kappa shape index (κ1) is 16.3. The molecule has 0 spiro atoms. The normalized spacial score (nSPS) is 12.4. The number of hydrogen-bond donors (Lipinski definition) is 2. The van der Waals surface area contributed by atoms with Gasteiger partial charge in [0.2, 0.25) is 0 Å². The quantitative estimate of drug-likeness (QED) is 0.754. The summed E-state index contributed by atoms with van der Waals surface area (Å²) < 4.78 is 0. The molecule has 2 N–H and O–H groups in total. The summed E-state index contributed by atoms with van der Waals surface area (Å²) in [6.45, 7) is 10.6. The molecule has 0 atom stereocenters. The molecular formula is C17H25N3. The van der Waals surface area contributed by atoms with Crippen LogP contribution in [0.2, 0.25) is 0 Å². The van der Waals surface area contributed by atoms with Crippen molar-refractivity contribution in [3.63, 3.8) is 0 Å². The molecule has 0 saturated carbocycles. The van der Waals surface area contributed by atoms with E-state index >= 15 is 0 Å². The minimum Gasteiger partial charge on any atom is -0.312 e. The lowest BCUT2D eigenvalue weighted by molar-refractivity contribution is 0.379. The second-order valence-corrected chi connectivity index (χ2v) is 6.11. The Hall–Kier alpha value is -1.74. The van der Waals surface area contributed by atoms with Crippen LogP contribution in [-0.2, 0) is 6.54 Å². The number of aryl methyl sites for hydroxylation is 1. The molecule has 0 heterocycles. The maximum Gasteiger partial charge on any atom is 0.0661 e. The number of nitrogens with one attached hydrogen (secondary N) is 2. The maximum absolute atomic E-state index is 6.91. The van der Waals surface area contributed by atoms with E-state index in [0.717, 1.165) is 24.3 Å². The standard InChI is InChI=1S/C17H25N3/c1-14-7-8-15(12-19-13-17(2,3)4)11-16(14)20-10-6-5-9-18/h5-11,18-19H,12-13H2,1-4H3/b6-5+,18-9?,20-10+. The smallest absolute Gasteiger partial charge is 0.0661 e. The molecule has 0 saturated heterocycles. The van der Waals surface area contributed by atoms with Crippen molar-refractivity contribution < 1.29 is 0 Å². The summed E-state index contributed by atoms with van der Waals surface area (Å²) in [5, 5.41) is 10.4. The number of hydrogen-bond acceptors (Lipinski definition) is 3. The molecular weight excluding hydrogens is 246 g/mol. The van der Waals surface area contributed by atoms with Gasteiger partial charge in [0.1, 0.15) is 0 Å². The fourth-order valence-electron chi connectivity index (χ4n) is 1.71. The third kappa shape index (κ3) is 6.43. The summed E-state index contributed by atoms with van der Waals surface area (Å²) in [6, 6.07) is 6.35. The zero-order chi connectivity index (χ0) is 15.0. The first-order valence-corrected chi connectivity index (χ1v) is 6.92. The predicted octanol–water partition coefficient (Wildman–Crippen LogP) is 4.04. The molecule has 1 rings (SSSR count). The van der Waals surface area contributed by atoms with Gasteiger partial charge in [-0.1, -0.05) is 32.9 Å². The molecule has 20 heavy (non-hydrogen) atoms. The van der Waals surface area contributed by atoms with Crippen LogP contribution in [0.25, 0.3) is 0 Å². The second-order valence-electron chi connectivity index (χ2n) is 6.11. The molecule has 0 radical (unpaired) electrons. The average Bonchev–Trinajstić information content (AvgIpc) is 2.36. The summed E-state index contributed by atoms with van der Waals surface area (Å²) in [5.41, 5.74) is 3.67. The van der Waals surface area contributed by atoms with Gasteiger partial charge in [-0.25, -0.2) is 0 Å². The highest BCUT2D eigenvalue weighted by atomic mass is 14.9. The minimum absolute atomic E-state index is 0.295. The third-order valence-corrected chi connectivity index (χ3v) is 2.77. The van der Waals surface area contributed by atoms with Crippen molar-refractivity contribution in [2.75, 3.05) is 6.54 Å². The van der Waals surface area contributed by atoms with Gasteiger partial charge < -0.3 is 10.7 Å². The largest absolute Gasteiger partial charge is 0.312 e. The summed E-state index contributed by atoms with van der Waals surface area (Å²) >= 11 is 0. The first-order valence-electron chi connectivity index (χ1n) is 6.92. The van der Waals surface area contributed by atoms with Gasteiger partial charge >= 0.3 is 0 Å². The van der Waals surface area contributed by atoms with Gasteiger partial charge in [-0.15, -0.1) is 0 Å². The summed E-state index contributed by atoms with van der Waals surface area (Å²) in [5.74, 6) is 0. The highest BCUT2D eigenvalue weighted by molar-refractivity contribution is 5.81. The fraction of sp³-hybridized carbons (Fsp3) is 0.412. The molecule has 0 unspecified atom stereocenters. The highest BCUT2D eigenvalue weighted by Gasteiger charge is 2.08. The van der Waals surface area contributed by atoms with Gasteiger partial charge in [0.15, 0.2) is 0 Å². The Bertz CT molecular complexity index is 493. The van der Waals surface area contributed by atoms with Crippen LogP contribution < -0.4 is 5.32 Å². The minimum atomic E-state index is 0.295. The summed E-state index contributed by atoms with van der Waals surface area (Å²) in [4.78, 5) is 4.42. The van der Waals surface area contributed by atoms with E-state index < -0.39 is 0 Å². The third-order valence-electron chi connectivity index (χ3n) is 2.77. The van der Waals surface area contributed by atoms with Gasteiger partial charge in [0.25, 0.3) is 0 Å². The van der Waals surface area contributed by atoms with E-state index in [-0.39, 0.29) is 0 Å². The topological polar surface area (TPSA) is 48.2 Å². The number of rotatable bonds is 6. The summed E-state index contributed by atoms with van der Waals surface area (Å²) in [7, 11) is 0. The van der Waals surface area contributed by atoms with E-state index in [0.29, 0.717) is 5.41 Å². The SMILES string of the molecule is Cc1ccc(CNCC(C)(C)C)cc1/N=C/C=C/C=N. The predicted molar refractivity (Wildman–Crippen MR) is 88.4 cm³/mol. The van der Waals surface area contributed by atoms with Crippen LogP contribution in [0.1, 0.15) is 31.9 Å². The molecule has 0 aliphatic rings. The number of benzene rings is 1. The van der Waals surface area contributed by atoms with E-state index in [1.165, 1.54) is 11.8 Å². The molecule has 0 bridgehead atoms. The zero-order valence-corrected chi connectivity index (χ0v) is 12.9. The molecule has 0 fully saturated rings. The van der Waals surface area contributed by atoms with Crippen molar-refractivity contribution in [1.82, 2.24) is 5.32 Å². The Morgan fingerprint density at radius 1 is 1.25 bits per heavy atom. The van der Waals surface area contributed by atoms with Crippen LogP contribution >= 0.6 is 0 Å². The second kappa shape index (κ2) is 7.75. The van der Waals surface area contributed by atoms with Crippen LogP contribution in [0.15, 0.2) is 35.3 Å². The molecule has 108 valence electrons. The Morgan fingerprint density at radius 2 is 2.00 bits per heavy atom. The van der Waals surface area contributed by atoms with Crippen LogP contribution in [-0.4, -0.2) is 19.0 Å². The zero-order valence-electron chi connectivity index (χ0n) is 12.9. The Kier molecular flexibility index (Phi) is 6.32. The van der Waals surface area contributed by atoms with E-state index in [9.17, 15) is 0 Å². The molecule has 3 heteroatoms. The van der Waals surface area contributed by atoms with Gasteiger partial charge in [-0.3, -0.25) is 4.99 Å². The van der Waals surface area contributed by atoms with E-state index in [4.69, 9.17) is 5.41 Å². The van der Waals surface area contributed by atoms with Crippen molar-refractivity contribution in [3.8, 4) is 0 Å². The van der Waals surface area contributed by atoms with Crippen molar-refractivity contribution in [2.24, 2.45) is 10.4 Å². The van der Waals surface area contributed by atoms with Crippen LogP contribution in [0, 0.1) is 17.7 Å². The molecule has 0 aromatic heterocycles. The molecule has 0 aliphatic carbocycles. The van der Waals surface area contributed by atoms with Crippen LogP contribution in [0.3, 0.4) is 0 Å². The monoisotopic (exact) mass is 271 g/mol. The van der Waals surface area contributed by atoms with Crippen LogP contribution in [0.5, 0.6) is 0 Å². The molecule has 0 amide bonds. The van der Waals surface area contributed by atoms with Crippen LogP contribution in [0.4, 0.5) is 5.69 Å². The summed E-state index contributed by atoms with van der Waals surface area (Å²) in [6.07, 6.45) is 6.37. The van der Waals surface area contributed by atoms with E-state index in [1.807, 2.05) is 0 Å².